The van der Waals surface area contributed by atoms with Crippen LogP contribution < -0.4 is 5.73 Å². The number of rotatable bonds is 6. The predicted molar refractivity (Wildman–Crippen MR) is 59.3 cm³/mol. The minimum absolute atomic E-state index is 0.00227. The maximum Gasteiger partial charge on any atom is 0.162 e. The van der Waals surface area contributed by atoms with Crippen LogP contribution in [0.1, 0.15) is 18.4 Å². The first-order valence-corrected chi connectivity index (χ1v) is 5.37. The largest absolute Gasteiger partial charge is 0.381 e. The van der Waals surface area contributed by atoms with E-state index in [0.717, 1.165) is 18.2 Å². The molecule has 1 unspecified atom stereocenters. The Hall–Kier alpha value is -1.07. The van der Waals surface area contributed by atoms with Crippen molar-refractivity contribution in [2.24, 2.45) is 5.73 Å². The van der Waals surface area contributed by atoms with Crippen molar-refractivity contribution in [2.45, 2.75) is 18.5 Å². The first kappa shape index (κ1) is 14.0. The number of hydrogen-bond donors (Lipinski definition) is 1. The molecule has 5 heteroatoms. The van der Waals surface area contributed by atoms with Crippen LogP contribution in [0.3, 0.4) is 0 Å². The van der Waals surface area contributed by atoms with Crippen LogP contribution in [0.15, 0.2) is 18.2 Å². The van der Waals surface area contributed by atoms with Gasteiger partial charge in [-0.15, -0.1) is 0 Å². The molecule has 0 bridgehead atoms. The zero-order chi connectivity index (χ0) is 12.9. The predicted octanol–water partition coefficient (Wildman–Crippen LogP) is 2.51. The fraction of sp³-hybridized carbons (Fsp3) is 0.500. The van der Waals surface area contributed by atoms with E-state index in [-0.39, 0.29) is 25.1 Å². The highest BCUT2D eigenvalue weighted by Crippen LogP contribution is 2.33. The Balaban J connectivity index is 3.07. The van der Waals surface area contributed by atoms with Crippen LogP contribution in [0, 0.1) is 11.6 Å². The molecule has 2 nitrogen and oxygen atoms in total. The van der Waals surface area contributed by atoms with E-state index in [0.29, 0.717) is 6.42 Å². The summed E-state index contributed by atoms with van der Waals surface area (Å²) < 4.78 is 45.9. The molecule has 0 amide bonds. The molecule has 0 aliphatic heterocycles. The summed E-state index contributed by atoms with van der Waals surface area (Å²) in [5, 5.41) is 0. The summed E-state index contributed by atoms with van der Waals surface area (Å²) in [6, 6.07) is 2.73. The van der Waals surface area contributed by atoms with Crippen LogP contribution in [0.2, 0.25) is 0 Å². The molecule has 96 valence electrons. The van der Waals surface area contributed by atoms with E-state index in [1.165, 1.54) is 7.11 Å². The molecule has 0 saturated carbocycles. The van der Waals surface area contributed by atoms with Crippen molar-refractivity contribution >= 4 is 0 Å². The van der Waals surface area contributed by atoms with Gasteiger partial charge in [-0.25, -0.2) is 13.2 Å². The van der Waals surface area contributed by atoms with E-state index in [4.69, 9.17) is 10.5 Å². The summed E-state index contributed by atoms with van der Waals surface area (Å²) in [6.45, 7) is -0.0420. The summed E-state index contributed by atoms with van der Waals surface area (Å²) in [6.07, 6.45) is 0.369. The lowest BCUT2D eigenvalue weighted by molar-refractivity contribution is 0.0275. The van der Waals surface area contributed by atoms with E-state index in [2.05, 4.69) is 0 Å². The molecule has 1 aromatic carbocycles. The van der Waals surface area contributed by atoms with Gasteiger partial charge in [0.15, 0.2) is 5.67 Å². The van der Waals surface area contributed by atoms with Gasteiger partial charge in [-0.1, -0.05) is 0 Å². The Morgan fingerprint density at radius 3 is 2.65 bits per heavy atom. The molecule has 0 aromatic heterocycles. The number of benzene rings is 1. The highest BCUT2D eigenvalue weighted by atomic mass is 19.2. The first-order chi connectivity index (χ1) is 8.03. The number of ether oxygens (including phenoxy) is 1. The molecule has 2 N–H and O–H groups in total. The van der Waals surface area contributed by atoms with Crippen molar-refractivity contribution in [3.8, 4) is 0 Å². The number of methoxy groups -OCH3 is 1. The molecule has 0 fully saturated rings. The van der Waals surface area contributed by atoms with E-state index in [1.54, 1.807) is 0 Å². The van der Waals surface area contributed by atoms with Gasteiger partial charge in [-0.05, 0) is 37.6 Å². The van der Waals surface area contributed by atoms with Gasteiger partial charge in [0.2, 0.25) is 0 Å². The van der Waals surface area contributed by atoms with Crippen molar-refractivity contribution in [3.63, 3.8) is 0 Å². The molecular formula is C12H16F3NO. The molecule has 0 saturated heterocycles. The fourth-order valence-electron chi connectivity index (χ4n) is 1.74. The van der Waals surface area contributed by atoms with E-state index < -0.39 is 17.3 Å². The Labute approximate surface area is 98.6 Å². The normalized spacial score (nSPS) is 14.6. The third kappa shape index (κ3) is 3.44. The van der Waals surface area contributed by atoms with Crippen molar-refractivity contribution in [1.82, 2.24) is 0 Å². The van der Waals surface area contributed by atoms with Crippen LogP contribution in [0.4, 0.5) is 13.2 Å². The van der Waals surface area contributed by atoms with Gasteiger partial charge in [-0.2, -0.15) is 0 Å². The Bertz CT molecular complexity index is 373. The molecule has 0 heterocycles. The number of nitrogens with two attached hydrogens (primary N) is 1. The topological polar surface area (TPSA) is 35.2 Å². The molecule has 0 radical (unpaired) electrons. The van der Waals surface area contributed by atoms with Crippen molar-refractivity contribution in [1.29, 1.82) is 0 Å². The average Bonchev–Trinajstić information content (AvgIpc) is 2.30. The number of hydrogen-bond acceptors (Lipinski definition) is 2. The van der Waals surface area contributed by atoms with Crippen LogP contribution in [-0.4, -0.2) is 20.3 Å². The monoisotopic (exact) mass is 247 g/mol. The van der Waals surface area contributed by atoms with E-state index >= 15 is 0 Å². The summed E-state index contributed by atoms with van der Waals surface area (Å²) in [5.74, 6) is -1.45. The van der Waals surface area contributed by atoms with Gasteiger partial charge in [0.05, 0.1) is 6.61 Å². The lowest BCUT2D eigenvalue weighted by atomic mass is 9.91. The fourth-order valence-corrected chi connectivity index (χ4v) is 1.74. The average molecular weight is 247 g/mol. The summed E-state index contributed by atoms with van der Waals surface area (Å²) in [7, 11) is 1.31. The van der Waals surface area contributed by atoms with Gasteiger partial charge < -0.3 is 10.5 Å². The minimum atomic E-state index is -2.04. The summed E-state index contributed by atoms with van der Waals surface area (Å²) in [4.78, 5) is 0. The third-order valence-corrected chi connectivity index (χ3v) is 2.56. The Morgan fingerprint density at radius 1 is 1.35 bits per heavy atom. The van der Waals surface area contributed by atoms with Crippen LogP contribution in [-0.2, 0) is 10.4 Å². The zero-order valence-corrected chi connectivity index (χ0v) is 9.68. The molecule has 0 aliphatic carbocycles. The number of alkyl halides is 1. The summed E-state index contributed by atoms with van der Waals surface area (Å²) in [5.41, 5.74) is 2.95. The summed E-state index contributed by atoms with van der Waals surface area (Å²) >= 11 is 0. The number of halogens is 3. The lowest BCUT2D eigenvalue weighted by Gasteiger charge is -2.25. The standard InChI is InChI=1S/C12H16F3NO/c1-17-8-12(15,5-2-6-16)10-7-9(13)3-4-11(10)14/h3-4,7H,2,5-6,8,16H2,1H3. The molecule has 17 heavy (non-hydrogen) atoms. The first-order valence-electron chi connectivity index (χ1n) is 5.37. The van der Waals surface area contributed by atoms with Crippen molar-refractivity contribution < 1.29 is 17.9 Å². The Morgan fingerprint density at radius 2 is 2.06 bits per heavy atom. The van der Waals surface area contributed by atoms with Crippen molar-refractivity contribution in [2.75, 3.05) is 20.3 Å². The van der Waals surface area contributed by atoms with Crippen LogP contribution >= 0.6 is 0 Å². The van der Waals surface area contributed by atoms with Gasteiger partial charge in [-0.3, -0.25) is 0 Å². The van der Waals surface area contributed by atoms with Crippen LogP contribution in [0.25, 0.3) is 0 Å². The van der Waals surface area contributed by atoms with Gasteiger partial charge in [0.25, 0.3) is 0 Å². The molecule has 1 atom stereocenters. The van der Waals surface area contributed by atoms with E-state index in [1.807, 2.05) is 0 Å². The highest BCUT2D eigenvalue weighted by Gasteiger charge is 2.34. The second-order valence-corrected chi connectivity index (χ2v) is 3.91. The maximum absolute atomic E-state index is 14.6. The Kier molecular flexibility index (Phi) is 4.96. The minimum Gasteiger partial charge on any atom is -0.381 e. The smallest absolute Gasteiger partial charge is 0.162 e. The third-order valence-electron chi connectivity index (χ3n) is 2.56. The molecule has 0 aliphatic rings. The van der Waals surface area contributed by atoms with Crippen molar-refractivity contribution in [3.05, 3.63) is 35.4 Å². The van der Waals surface area contributed by atoms with Gasteiger partial charge >= 0.3 is 0 Å². The zero-order valence-electron chi connectivity index (χ0n) is 9.68. The van der Waals surface area contributed by atoms with Gasteiger partial charge in [0, 0.05) is 12.7 Å². The maximum atomic E-state index is 14.6. The quantitative estimate of drug-likeness (QED) is 0.838. The highest BCUT2D eigenvalue weighted by molar-refractivity contribution is 5.25. The van der Waals surface area contributed by atoms with Crippen LogP contribution in [0.5, 0.6) is 0 Å². The lowest BCUT2D eigenvalue weighted by Crippen LogP contribution is -2.28. The molecule has 1 aromatic rings. The van der Waals surface area contributed by atoms with E-state index in [9.17, 15) is 13.2 Å². The van der Waals surface area contributed by atoms with Gasteiger partial charge in [0.1, 0.15) is 11.6 Å². The molecule has 0 spiro atoms. The second-order valence-electron chi connectivity index (χ2n) is 3.91. The molecular weight excluding hydrogens is 231 g/mol. The SMILES string of the molecule is COCC(F)(CCCN)c1cc(F)ccc1F. The molecule has 1 rings (SSSR count). The second kappa shape index (κ2) is 6.02.